The molecule has 0 bridgehead atoms. The number of methoxy groups -OCH3 is 1. The Kier molecular flexibility index (Phi) is 7.64. The van der Waals surface area contributed by atoms with Gasteiger partial charge in [-0.2, -0.15) is 0 Å². The van der Waals surface area contributed by atoms with Gasteiger partial charge in [0.15, 0.2) is 0 Å². The topological polar surface area (TPSA) is 103 Å². The van der Waals surface area contributed by atoms with Gasteiger partial charge in [0.2, 0.25) is 0 Å². The SMILES string of the molecule is COC(=O)[C@H](NC(=O)OCc1ccccc1)[C@H]1C=C[C@@H](NC(=O)OC(C)(C)C)C1. The number of alkyl carbamates (subject to hydrolysis) is 2. The first-order chi connectivity index (χ1) is 13.7. The minimum atomic E-state index is -0.926. The second-order valence-corrected chi connectivity index (χ2v) is 7.74. The summed E-state index contributed by atoms with van der Waals surface area (Å²) in [6, 6.07) is 7.97. The number of carbonyl (C=O) groups excluding carboxylic acids is 3. The van der Waals surface area contributed by atoms with Crippen LogP contribution in [0.1, 0.15) is 32.8 Å². The fraction of sp³-hybridized carbons (Fsp3) is 0.476. The van der Waals surface area contributed by atoms with Crippen LogP contribution < -0.4 is 10.6 Å². The second kappa shape index (κ2) is 9.95. The van der Waals surface area contributed by atoms with Crippen LogP contribution in [-0.4, -0.2) is 43.0 Å². The number of rotatable bonds is 6. The summed E-state index contributed by atoms with van der Waals surface area (Å²) in [6.45, 7) is 5.41. The molecule has 0 fully saturated rings. The van der Waals surface area contributed by atoms with Gasteiger partial charge in [-0.15, -0.1) is 0 Å². The molecule has 1 aliphatic rings. The number of nitrogens with one attached hydrogen (secondary N) is 2. The monoisotopic (exact) mass is 404 g/mol. The molecule has 2 rings (SSSR count). The summed E-state index contributed by atoms with van der Waals surface area (Å²) < 4.78 is 15.2. The number of carbonyl (C=O) groups is 3. The van der Waals surface area contributed by atoms with Crippen molar-refractivity contribution in [3.8, 4) is 0 Å². The maximum absolute atomic E-state index is 12.2. The highest BCUT2D eigenvalue weighted by Gasteiger charge is 2.34. The van der Waals surface area contributed by atoms with E-state index >= 15 is 0 Å². The standard InChI is InChI=1S/C21H28N2O6/c1-21(2,3)29-20(26)22-16-11-10-15(12-16)17(18(24)27-4)23-19(25)28-13-14-8-6-5-7-9-14/h5-11,15-17H,12-13H2,1-4H3,(H,22,26)(H,23,25)/t15-,16+,17+/m0/s1. The minimum Gasteiger partial charge on any atom is -0.467 e. The van der Waals surface area contributed by atoms with E-state index in [1.807, 2.05) is 30.3 Å². The summed E-state index contributed by atoms with van der Waals surface area (Å²) in [7, 11) is 1.25. The largest absolute Gasteiger partial charge is 0.467 e. The van der Waals surface area contributed by atoms with E-state index in [0.29, 0.717) is 6.42 Å². The number of benzene rings is 1. The Morgan fingerprint density at radius 2 is 1.79 bits per heavy atom. The van der Waals surface area contributed by atoms with Crippen molar-refractivity contribution in [2.45, 2.75) is 51.5 Å². The highest BCUT2D eigenvalue weighted by atomic mass is 16.6. The number of esters is 1. The number of hydrogen-bond donors (Lipinski definition) is 2. The fourth-order valence-corrected chi connectivity index (χ4v) is 2.90. The lowest BCUT2D eigenvalue weighted by atomic mass is 9.98. The van der Waals surface area contributed by atoms with E-state index in [2.05, 4.69) is 10.6 Å². The summed E-state index contributed by atoms with van der Waals surface area (Å²) in [5.74, 6) is -0.944. The van der Waals surface area contributed by atoms with Gasteiger partial charge in [0.25, 0.3) is 0 Å². The first-order valence-corrected chi connectivity index (χ1v) is 9.41. The van der Waals surface area contributed by atoms with Crippen LogP contribution in [0.15, 0.2) is 42.5 Å². The van der Waals surface area contributed by atoms with Crippen molar-refractivity contribution in [1.82, 2.24) is 10.6 Å². The van der Waals surface area contributed by atoms with Crippen LogP contribution in [0.25, 0.3) is 0 Å². The van der Waals surface area contributed by atoms with Gasteiger partial charge in [-0.05, 0) is 32.8 Å². The average Bonchev–Trinajstić information content (AvgIpc) is 3.11. The molecule has 1 aromatic rings. The van der Waals surface area contributed by atoms with Crippen molar-refractivity contribution in [3.63, 3.8) is 0 Å². The minimum absolute atomic E-state index is 0.0872. The second-order valence-electron chi connectivity index (χ2n) is 7.74. The van der Waals surface area contributed by atoms with Crippen molar-refractivity contribution >= 4 is 18.2 Å². The van der Waals surface area contributed by atoms with Gasteiger partial charge in [0.05, 0.1) is 13.2 Å². The van der Waals surface area contributed by atoms with Gasteiger partial charge in [0.1, 0.15) is 18.2 Å². The third-order valence-corrected chi connectivity index (χ3v) is 4.19. The lowest BCUT2D eigenvalue weighted by Gasteiger charge is -2.24. The van der Waals surface area contributed by atoms with Crippen molar-refractivity contribution in [2.75, 3.05) is 7.11 Å². The van der Waals surface area contributed by atoms with E-state index in [1.165, 1.54) is 7.11 Å². The van der Waals surface area contributed by atoms with Crippen LogP contribution in [0.4, 0.5) is 9.59 Å². The Hall–Kier alpha value is -3.03. The van der Waals surface area contributed by atoms with Crippen molar-refractivity contribution in [2.24, 2.45) is 5.92 Å². The summed E-state index contributed by atoms with van der Waals surface area (Å²) in [6.07, 6.45) is 2.68. The Labute approximate surface area is 170 Å². The quantitative estimate of drug-likeness (QED) is 0.429. The molecule has 8 heteroatoms. The Morgan fingerprint density at radius 1 is 1.10 bits per heavy atom. The van der Waals surface area contributed by atoms with E-state index in [1.54, 1.807) is 32.9 Å². The Morgan fingerprint density at radius 3 is 2.41 bits per heavy atom. The molecular formula is C21H28N2O6. The van der Waals surface area contributed by atoms with Gasteiger partial charge in [-0.3, -0.25) is 0 Å². The van der Waals surface area contributed by atoms with Gasteiger partial charge in [0, 0.05) is 5.92 Å². The molecule has 0 aromatic heterocycles. The maximum Gasteiger partial charge on any atom is 0.408 e. The van der Waals surface area contributed by atoms with Gasteiger partial charge < -0.3 is 24.8 Å². The molecule has 1 aromatic carbocycles. The molecule has 2 amide bonds. The molecule has 0 saturated heterocycles. The smallest absolute Gasteiger partial charge is 0.408 e. The summed E-state index contributed by atoms with van der Waals surface area (Å²) >= 11 is 0. The molecule has 29 heavy (non-hydrogen) atoms. The first-order valence-electron chi connectivity index (χ1n) is 9.41. The fourth-order valence-electron chi connectivity index (χ4n) is 2.90. The number of amides is 2. The zero-order chi connectivity index (χ0) is 21.4. The third kappa shape index (κ3) is 7.48. The van der Waals surface area contributed by atoms with Crippen molar-refractivity contribution in [3.05, 3.63) is 48.0 Å². The summed E-state index contributed by atoms with van der Waals surface area (Å²) in [5.41, 5.74) is 0.226. The zero-order valence-electron chi connectivity index (χ0n) is 17.1. The van der Waals surface area contributed by atoms with Crippen molar-refractivity contribution < 1.29 is 28.6 Å². The molecule has 2 N–H and O–H groups in total. The molecule has 8 nitrogen and oxygen atoms in total. The first kappa shape index (κ1) is 22.3. The van der Waals surface area contributed by atoms with E-state index in [9.17, 15) is 14.4 Å². The lowest BCUT2D eigenvalue weighted by molar-refractivity contribution is -0.144. The molecule has 0 spiro atoms. The zero-order valence-corrected chi connectivity index (χ0v) is 17.1. The molecule has 158 valence electrons. The van der Waals surface area contributed by atoms with Crippen LogP contribution in [0.3, 0.4) is 0 Å². The molecular weight excluding hydrogens is 376 g/mol. The van der Waals surface area contributed by atoms with Crippen LogP contribution in [0.2, 0.25) is 0 Å². The Balaban J connectivity index is 1.90. The van der Waals surface area contributed by atoms with E-state index in [4.69, 9.17) is 14.2 Å². The molecule has 0 heterocycles. The van der Waals surface area contributed by atoms with Crippen LogP contribution >= 0.6 is 0 Å². The predicted molar refractivity (Wildman–Crippen MR) is 106 cm³/mol. The Bertz CT molecular complexity index is 741. The lowest BCUT2D eigenvalue weighted by Crippen LogP contribution is -2.47. The van der Waals surface area contributed by atoms with Crippen LogP contribution in [-0.2, 0) is 25.6 Å². The highest BCUT2D eigenvalue weighted by molar-refractivity contribution is 5.82. The summed E-state index contributed by atoms with van der Waals surface area (Å²) in [4.78, 5) is 36.3. The van der Waals surface area contributed by atoms with E-state index < -0.39 is 29.8 Å². The molecule has 1 aliphatic carbocycles. The number of hydrogen-bond acceptors (Lipinski definition) is 6. The molecule has 0 unspecified atom stereocenters. The van der Waals surface area contributed by atoms with Crippen molar-refractivity contribution in [1.29, 1.82) is 0 Å². The molecule has 0 aliphatic heterocycles. The molecule has 0 saturated carbocycles. The summed E-state index contributed by atoms with van der Waals surface area (Å²) in [5, 5.41) is 5.29. The van der Waals surface area contributed by atoms with Gasteiger partial charge >= 0.3 is 18.2 Å². The van der Waals surface area contributed by atoms with Gasteiger partial charge in [-0.1, -0.05) is 42.5 Å². The van der Waals surface area contributed by atoms with Crippen LogP contribution in [0.5, 0.6) is 0 Å². The molecule has 3 atom stereocenters. The van der Waals surface area contributed by atoms with E-state index in [-0.39, 0.29) is 18.6 Å². The van der Waals surface area contributed by atoms with Gasteiger partial charge in [-0.25, -0.2) is 14.4 Å². The molecule has 0 radical (unpaired) electrons. The predicted octanol–water partition coefficient (Wildman–Crippen LogP) is 2.92. The normalized spacial score (nSPS) is 19.2. The third-order valence-electron chi connectivity index (χ3n) is 4.19. The van der Waals surface area contributed by atoms with Crippen LogP contribution in [0, 0.1) is 5.92 Å². The highest BCUT2D eigenvalue weighted by Crippen LogP contribution is 2.23. The maximum atomic E-state index is 12.2. The average molecular weight is 404 g/mol. The number of ether oxygens (including phenoxy) is 3. The van der Waals surface area contributed by atoms with E-state index in [0.717, 1.165) is 5.56 Å².